The molecule has 0 heterocycles. The second-order valence-electron chi connectivity index (χ2n) is 17.7. The zero-order valence-corrected chi connectivity index (χ0v) is 44.3. The number of carbonyl (C=O) groups is 3. The molecule has 0 saturated heterocycles. The third-order valence-electron chi connectivity index (χ3n) is 11.1. The normalized spacial score (nSPS) is 13.1. The van der Waals surface area contributed by atoms with E-state index in [1.54, 1.807) is 0 Å². The Balaban J connectivity index is 4.54. The van der Waals surface area contributed by atoms with Crippen LogP contribution >= 0.6 is 0 Å². The fourth-order valence-corrected chi connectivity index (χ4v) is 7.03. The van der Waals surface area contributed by atoms with Gasteiger partial charge in [-0.25, -0.2) is 0 Å². The van der Waals surface area contributed by atoms with E-state index < -0.39 is 6.10 Å². The Morgan fingerprint density at radius 1 is 0.304 bits per heavy atom. The molecule has 0 saturated carbocycles. The SMILES string of the molecule is CC/C=C\C/C=C\C/C=C\C/C=C\C/C=C\CCCC(=O)OC[C@H](COC(=O)CCCCCCCCCCC/C=C\C/C=C\CCCCC)OC(=O)CCCC/C=C\C/C=C\C/C=C\C/C=C\CC. The Labute approximate surface area is 424 Å². The minimum atomic E-state index is -0.830. The average Bonchev–Trinajstić information content (AvgIpc) is 3.35. The third-order valence-corrected chi connectivity index (χ3v) is 11.1. The molecular formula is C63H100O6. The van der Waals surface area contributed by atoms with Crippen LogP contribution in [0.5, 0.6) is 0 Å². The minimum Gasteiger partial charge on any atom is -0.462 e. The molecule has 0 aromatic carbocycles. The maximum atomic E-state index is 12.8. The van der Waals surface area contributed by atoms with Crippen LogP contribution in [0.2, 0.25) is 0 Å². The monoisotopic (exact) mass is 953 g/mol. The summed E-state index contributed by atoms with van der Waals surface area (Å²) in [6, 6.07) is 0. The van der Waals surface area contributed by atoms with Crippen molar-refractivity contribution in [3.05, 3.63) is 134 Å². The summed E-state index contributed by atoms with van der Waals surface area (Å²) >= 11 is 0. The van der Waals surface area contributed by atoms with E-state index in [9.17, 15) is 14.4 Å². The van der Waals surface area contributed by atoms with Crippen molar-refractivity contribution in [2.75, 3.05) is 13.2 Å². The summed E-state index contributed by atoms with van der Waals surface area (Å²) in [7, 11) is 0. The lowest BCUT2D eigenvalue weighted by molar-refractivity contribution is -0.167. The van der Waals surface area contributed by atoms with Gasteiger partial charge in [-0.2, -0.15) is 0 Å². The molecule has 0 spiro atoms. The number of rotatable bonds is 48. The third kappa shape index (κ3) is 54.4. The van der Waals surface area contributed by atoms with E-state index in [-0.39, 0.29) is 44.0 Å². The van der Waals surface area contributed by atoms with Crippen molar-refractivity contribution in [1.29, 1.82) is 0 Å². The maximum absolute atomic E-state index is 12.8. The molecule has 6 nitrogen and oxygen atoms in total. The summed E-state index contributed by atoms with van der Waals surface area (Å²) in [5.41, 5.74) is 0. The second-order valence-corrected chi connectivity index (χ2v) is 17.7. The number of allylic oxidation sites excluding steroid dienone is 22. The van der Waals surface area contributed by atoms with Crippen LogP contribution in [-0.4, -0.2) is 37.2 Å². The van der Waals surface area contributed by atoms with E-state index in [4.69, 9.17) is 14.2 Å². The largest absolute Gasteiger partial charge is 0.462 e. The van der Waals surface area contributed by atoms with Crippen LogP contribution in [0, 0.1) is 0 Å². The lowest BCUT2D eigenvalue weighted by Crippen LogP contribution is -2.30. The van der Waals surface area contributed by atoms with Crippen molar-refractivity contribution in [2.24, 2.45) is 0 Å². The van der Waals surface area contributed by atoms with Crippen LogP contribution < -0.4 is 0 Å². The van der Waals surface area contributed by atoms with Crippen molar-refractivity contribution >= 4 is 17.9 Å². The molecule has 0 unspecified atom stereocenters. The van der Waals surface area contributed by atoms with Crippen molar-refractivity contribution in [2.45, 2.75) is 232 Å². The molecular weight excluding hydrogens is 853 g/mol. The molecule has 0 bridgehead atoms. The van der Waals surface area contributed by atoms with Crippen LogP contribution in [0.25, 0.3) is 0 Å². The molecule has 0 N–H and O–H groups in total. The molecule has 0 amide bonds. The Morgan fingerprint density at radius 3 is 0.971 bits per heavy atom. The number of carbonyl (C=O) groups excluding carboxylic acids is 3. The molecule has 0 rings (SSSR count). The van der Waals surface area contributed by atoms with Crippen LogP contribution in [0.4, 0.5) is 0 Å². The summed E-state index contributed by atoms with van der Waals surface area (Å²) in [5.74, 6) is -1.03. The molecule has 0 aliphatic heterocycles. The van der Waals surface area contributed by atoms with E-state index in [0.717, 1.165) is 103 Å². The Morgan fingerprint density at radius 2 is 0.580 bits per heavy atom. The van der Waals surface area contributed by atoms with Crippen LogP contribution in [-0.2, 0) is 28.6 Å². The van der Waals surface area contributed by atoms with Crippen LogP contribution in [0.15, 0.2) is 134 Å². The smallest absolute Gasteiger partial charge is 0.306 e. The van der Waals surface area contributed by atoms with Crippen LogP contribution in [0.1, 0.15) is 226 Å². The number of esters is 3. The zero-order chi connectivity index (χ0) is 50.0. The summed E-state index contributed by atoms with van der Waals surface area (Å²) in [6.45, 7) is 6.29. The first-order valence-corrected chi connectivity index (χ1v) is 27.7. The summed E-state index contributed by atoms with van der Waals surface area (Å²) < 4.78 is 16.8. The predicted molar refractivity (Wildman–Crippen MR) is 297 cm³/mol. The minimum absolute atomic E-state index is 0.119. The highest BCUT2D eigenvalue weighted by Gasteiger charge is 2.19. The number of hydrogen-bond acceptors (Lipinski definition) is 6. The first kappa shape index (κ1) is 64.5. The molecule has 1 atom stereocenters. The number of unbranched alkanes of at least 4 members (excludes halogenated alkanes) is 15. The average molecular weight is 953 g/mol. The van der Waals surface area contributed by atoms with Gasteiger partial charge in [0.1, 0.15) is 13.2 Å². The second kappa shape index (κ2) is 56.1. The van der Waals surface area contributed by atoms with Crippen molar-refractivity contribution in [3.8, 4) is 0 Å². The molecule has 0 aromatic heterocycles. The zero-order valence-electron chi connectivity index (χ0n) is 44.3. The highest BCUT2D eigenvalue weighted by molar-refractivity contribution is 5.71. The fourth-order valence-electron chi connectivity index (χ4n) is 7.03. The van der Waals surface area contributed by atoms with Gasteiger partial charge < -0.3 is 14.2 Å². The van der Waals surface area contributed by atoms with E-state index in [1.165, 1.54) is 70.6 Å². The highest BCUT2D eigenvalue weighted by Crippen LogP contribution is 2.13. The van der Waals surface area contributed by atoms with Gasteiger partial charge >= 0.3 is 17.9 Å². The van der Waals surface area contributed by atoms with Gasteiger partial charge in [-0.15, -0.1) is 0 Å². The lowest BCUT2D eigenvalue weighted by atomic mass is 10.1. The van der Waals surface area contributed by atoms with Crippen molar-refractivity contribution in [3.63, 3.8) is 0 Å². The van der Waals surface area contributed by atoms with E-state index in [1.807, 2.05) is 0 Å². The first-order chi connectivity index (χ1) is 34.0. The van der Waals surface area contributed by atoms with E-state index in [0.29, 0.717) is 19.3 Å². The topological polar surface area (TPSA) is 78.9 Å². The van der Waals surface area contributed by atoms with Crippen molar-refractivity contribution < 1.29 is 28.6 Å². The fraction of sp³-hybridized carbons (Fsp3) is 0.603. The lowest BCUT2D eigenvalue weighted by Gasteiger charge is -2.18. The van der Waals surface area contributed by atoms with E-state index in [2.05, 4.69) is 154 Å². The number of hydrogen-bond donors (Lipinski definition) is 0. The molecule has 0 radical (unpaired) electrons. The summed E-state index contributed by atoms with van der Waals surface area (Å²) in [4.78, 5) is 38.1. The van der Waals surface area contributed by atoms with Crippen LogP contribution in [0.3, 0.4) is 0 Å². The molecule has 6 heteroatoms. The Kier molecular flexibility index (Phi) is 52.5. The maximum Gasteiger partial charge on any atom is 0.306 e. The first-order valence-electron chi connectivity index (χ1n) is 27.7. The standard InChI is InChI=1S/C63H100O6/c1-4-7-10-13-16-19-22-25-28-30-31-33-36-38-41-44-47-50-53-56-62(65)68-59-60(69-63(66)57-54-51-48-45-42-39-34-27-24-21-18-15-12-9-6-3)58-67-61(64)55-52-49-46-43-40-37-35-32-29-26-23-20-17-14-11-8-5-2/h8-9,11-12,16-21,25-29,34-35,37,42-43,45-46,60H,4-7,10,13-15,22-24,30-33,36,38-41,44,47-59H2,1-3H3/b11-8-,12-9-,19-16-,20-17-,21-18-,28-25-,29-26-,34-27-,37-35-,45-42-,46-43-/t60-/m1/s1. The quantitative estimate of drug-likeness (QED) is 0.0262. The van der Waals surface area contributed by atoms with Gasteiger partial charge in [-0.05, 0) is 128 Å². The van der Waals surface area contributed by atoms with Gasteiger partial charge in [0, 0.05) is 19.3 Å². The molecule has 69 heavy (non-hydrogen) atoms. The molecule has 0 fully saturated rings. The Hall–Kier alpha value is -4.45. The predicted octanol–water partition coefficient (Wildman–Crippen LogP) is 18.6. The summed E-state index contributed by atoms with van der Waals surface area (Å²) in [5, 5.41) is 0. The van der Waals surface area contributed by atoms with Gasteiger partial charge in [0.25, 0.3) is 0 Å². The van der Waals surface area contributed by atoms with Gasteiger partial charge in [0.15, 0.2) is 6.10 Å². The van der Waals surface area contributed by atoms with Gasteiger partial charge in [0.05, 0.1) is 0 Å². The molecule has 388 valence electrons. The van der Waals surface area contributed by atoms with Gasteiger partial charge in [-0.1, -0.05) is 212 Å². The van der Waals surface area contributed by atoms with Crippen molar-refractivity contribution in [1.82, 2.24) is 0 Å². The molecule has 0 aliphatic rings. The molecule has 0 aromatic rings. The highest BCUT2D eigenvalue weighted by atomic mass is 16.6. The molecule has 0 aliphatic carbocycles. The Bertz CT molecular complexity index is 1510. The van der Waals surface area contributed by atoms with Gasteiger partial charge in [0.2, 0.25) is 0 Å². The summed E-state index contributed by atoms with van der Waals surface area (Å²) in [6.07, 6.45) is 78.7. The van der Waals surface area contributed by atoms with E-state index >= 15 is 0 Å². The van der Waals surface area contributed by atoms with Gasteiger partial charge in [-0.3, -0.25) is 14.4 Å². The number of ether oxygens (including phenoxy) is 3.